The lowest BCUT2D eigenvalue weighted by Gasteiger charge is -2.30. The van der Waals surface area contributed by atoms with Crippen LogP contribution < -0.4 is 10.2 Å². The Morgan fingerprint density at radius 2 is 2.16 bits per heavy atom. The topological polar surface area (TPSA) is 28.2 Å². The summed E-state index contributed by atoms with van der Waals surface area (Å²) in [6.07, 6.45) is 7.99. The van der Waals surface area contributed by atoms with E-state index in [1.165, 1.54) is 49.4 Å². The molecule has 0 radical (unpaired) electrons. The van der Waals surface area contributed by atoms with Crippen LogP contribution >= 0.6 is 11.3 Å². The fraction of sp³-hybridized carbons (Fsp3) is 0.800. The van der Waals surface area contributed by atoms with Crippen molar-refractivity contribution in [3.05, 3.63) is 11.1 Å². The first kappa shape index (κ1) is 14.8. The zero-order valence-electron chi connectivity index (χ0n) is 12.5. The number of nitrogens with zero attached hydrogens (tertiary/aromatic N) is 2. The summed E-state index contributed by atoms with van der Waals surface area (Å²) in [5.74, 6) is 0. The second-order valence-electron chi connectivity index (χ2n) is 5.63. The smallest absolute Gasteiger partial charge is 0.185 e. The van der Waals surface area contributed by atoms with E-state index in [2.05, 4.69) is 36.5 Å². The largest absolute Gasteiger partial charge is 0.348 e. The van der Waals surface area contributed by atoms with Crippen LogP contribution in [0.4, 0.5) is 5.13 Å². The standard InChI is InChI=1S/C15H27N3S/c1-4-10-16-12(2)14-11-19-15(17-14)18(3)13-8-6-5-7-9-13/h11-13,16H,4-10H2,1-3H3. The fourth-order valence-electron chi connectivity index (χ4n) is 2.73. The molecule has 1 saturated carbocycles. The lowest BCUT2D eigenvalue weighted by molar-refractivity contribution is 0.427. The molecular formula is C15H27N3S. The highest BCUT2D eigenvalue weighted by Gasteiger charge is 2.21. The molecule has 108 valence electrons. The molecule has 19 heavy (non-hydrogen) atoms. The molecule has 1 N–H and O–H groups in total. The van der Waals surface area contributed by atoms with E-state index in [4.69, 9.17) is 4.98 Å². The van der Waals surface area contributed by atoms with E-state index in [-0.39, 0.29) is 0 Å². The van der Waals surface area contributed by atoms with Crippen molar-refractivity contribution >= 4 is 16.5 Å². The normalized spacial score (nSPS) is 18.5. The lowest BCUT2D eigenvalue weighted by Crippen LogP contribution is -2.33. The second kappa shape index (κ2) is 7.25. The second-order valence-corrected chi connectivity index (χ2v) is 6.47. The third-order valence-corrected chi connectivity index (χ3v) is 5.03. The molecule has 0 spiro atoms. The Balaban J connectivity index is 1.95. The molecule has 4 heteroatoms. The van der Waals surface area contributed by atoms with Gasteiger partial charge in [-0.3, -0.25) is 0 Å². The Morgan fingerprint density at radius 1 is 1.42 bits per heavy atom. The van der Waals surface area contributed by atoms with E-state index in [0.717, 1.165) is 6.54 Å². The Labute approximate surface area is 121 Å². The molecule has 1 heterocycles. The predicted molar refractivity (Wildman–Crippen MR) is 84.1 cm³/mol. The van der Waals surface area contributed by atoms with Crippen molar-refractivity contribution in [2.45, 2.75) is 64.5 Å². The number of thiazole rings is 1. The number of hydrogen-bond acceptors (Lipinski definition) is 4. The quantitative estimate of drug-likeness (QED) is 0.855. The summed E-state index contributed by atoms with van der Waals surface area (Å²) in [5.41, 5.74) is 1.19. The predicted octanol–water partition coefficient (Wildman–Crippen LogP) is 3.97. The summed E-state index contributed by atoms with van der Waals surface area (Å²) in [4.78, 5) is 7.22. The van der Waals surface area contributed by atoms with Crippen LogP contribution in [0.2, 0.25) is 0 Å². The van der Waals surface area contributed by atoms with Crippen LogP contribution in [0.1, 0.15) is 64.1 Å². The number of nitrogens with one attached hydrogen (secondary N) is 1. The van der Waals surface area contributed by atoms with Gasteiger partial charge in [-0.05, 0) is 32.7 Å². The van der Waals surface area contributed by atoms with Gasteiger partial charge in [0.15, 0.2) is 5.13 Å². The summed E-state index contributed by atoms with van der Waals surface area (Å²) >= 11 is 1.79. The first-order chi connectivity index (χ1) is 9.22. The highest BCUT2D eigenvalue weighted by Crippen LogP contribution is 2.29. The highest BCUT2D eigenvalue weighted by atomic mass is 32.1. The molecule has 1 unspecified atom stereocenters. The van der Waals surface area contributed by atoms with Crippen LogP contribution in [0.3, 0.4) is 0 Å². The van der Waals surface area contributed by atoms with Crippen molar-refractivity contribution < 1.29 is 0 Å². The van der Waals surface area contributed by atoms with Gasteiger partial charge in [-0.1, -0.05) is 26.2 Å². The molecule has 2 rings (SSSR count). The van der Waals surface area contributed by atoms with E-state index in [1.54, 1.807) is 11.3 Å². The molecule has 0 bridgehead atoms. The van der Waals surface area contributed by atoms with Gasteiger partial charge in [0.2, 0.25) is 0 Å². The zero-order chi connectivity index (χ0) is 13.7. The van der Waals surface area contributed by atoms with Gasteiger partial charge < -0.3 is 10.2 Å². The van der Waals surface area contributed by atoms with Gasteiger partial charge in [-0.25, -0.2) is 4.98 Å². The monoisotopic (exact) mass is 281 g/mol. The highest BCUT2D eigenvalue weighted by molar-refractivity contribution is 7.13. The van der Waals surface area contributed by atoms with E-state index in [9.17, 15) is 0 Å². The van der Waals surface area contributed by atoms with Crippen LogP contribution in [0.25, 0.3) is 0 Å². The van der Waals surface area contributed by atoms with Gasteiger partial charge in [-0.2, -0.15) is 0 Å². The van der Waals surface area contributed by atoms with Crippen LogP contribution in [0, 0.1) is 0 Å². The fourth-order valence-corrected chi connectivity index (χ4v) is 3.68. The minimum absolute atomic E-state index is 0.365. The van der Waals surface area contributed by atoms with Crippen molar-refractivity contribution in [2.24, 2.45) is 0 Å². The first-order valence-corrected chi connectivity index (χ1v) is 8.52. The molecule has 1 aliphatic carbocycles. The summed E-state index contributed by atoms with van der Waals surface area (Å²) in [6.45, 7) is 5.46. The van der Waals surface area contributed by atoms with Crippen LogP contribution in [0.5, 0.6) is 0 Å². The van der Waals surface area contributed by atoms with E-state index < -0.39 is 0 Å². The van der Waals surface area contributed by atoms with Gasteiger partial charge >= 0.3 is 0 Å². The van der Waals surface area contributed by atoms with Crippen LogP contribution in [0.15, 0.2) is 5.38 Å². The van der Waals surface area contributed by atoms with Crippen molar-refractivity contribution in [1.82, 2.24) is 10.3 Å². The molecule has 0 aromatic carbocycles. The SMILES string of the molecule is CCCNC(C)c1csc(N(C)C2CCCCC2)n1. The zero-order valence-corrected chi connectivity index (χ0v) is 13.3. The van der Waals surface area contributed by atoms with Crippen molar-refractivity contribution in [1.29, 1.82) is 0 Å². The molecule has 3 nitrogen and oxygen atoms in total. The van der Waals surface area contributed by atoms with Crippen LogP contribution in [-0.2, 0) is 0 Å². The summed E-state index contributed by atoms with van der Waals surface area (Å²) in [6, 6.07) is 1.07. The van der Waals surface area contributed by atoms with E-state index in [1.807, 2.05) is 0 Å². The summed E-state index contributed by atoms with van der Waals surface area (Å²) in [5, 5.41) is 6.90. The van der Waals surface area contributed by atoms with Crippen molar-refractivity contribution in [2.75, 3.05) is 18.5 Å². The van der Waals surface area contributed by atoms with Crippen molar-refractivity contribution in [3.63, 3.8) is 0 Å². The van der Waals surface area contributed by atoms with Gasteiger partial charge in [0.1, 0.15) is 0 Å². The number of aromatic nitrogens is 1. The Morgan fingerprint density at radius 3 is 2.84 bits per heavy atom. The van der Waals surface area contributed by atoms with Gasteiger partial charge in [0, 0.05) is 24.5 Å². The van der Waals surface area contributed by atoms with Crippen LogP contribution in [-0.4, -0.2) is 24.6 Å². The van der Waals surface area contributed by atoms with Gasteiger partial charge in [-0.15, -0.1) is 11.3 Å². The minimum Gasteiger partial charge on any atom is -0.348 e. The average Bonchev–Trinajstić information content (AvgIpc) is 2.94. The summed E-state index contributed by atoms with van der Waals surface area (Å²) in [7, 11) is 2.21. The molecule has 0 saturated heterocycles. The molecular weight excluding hydrogens is 254 g/mol. The Kier molecular flexibility index (Phi) is 5.64. The maximum Gasteiger partial charge on any atom is 0.185 e. The maximum absolute atomic E-state index is 4.82. The average molecular weight is 281 g/mol. The lowest BCUT2D eigenvalue weighted by atomic mass is 9.95. The van der Waals surface area contributed by atoms with E-state index in [0.29, 0.717) is 12.1 Å². The molecule has 1 aromatic rings. The van der Waals surface area contributed by atoms with E-state index >= 15 is 0 Å². The number of hydrogen-bond donors (Lipinski definition) is 1. The maximum atomic E-state index is 4.82. The Bertz CT molecular complexity index is 371. The number of anilines is 1. The third-order valence-electron chi connectivity index (χ3n) is 4.08. The molecule has 1 aliphatic rings. The molecule has 1 atom stereocenters. The first-order valence-electron chi connectivity index (χ1n) is 7.64. The number of rotatable bonds is 6. The van der Waals surface area contributed by atoms with Gasteiger partial charge in [0.05, 0.1) is 5.69 Å². The molecule has 1 fully saturated rings. The van der Waals surface area contributed by atoms with Gasteiger partial charge in [0.25, 0.3) is 0 Å². The minimum atomic E-state index is 0.365. The molecule has 1 aromatic heterocycles. The molecule has 0 aliphatic heterocycles. The third kappa shape index (κ3) is 3.93. The summed E-state index contributed by atoms with van der Waals surface area (Å²) < 4.78 is 0. The Hall–Kier alpha value is -0.610. The molecule has 0 amide bonds. The van der Waals surface area contributed by atoms with Crippen molar-refractivity contribution in [3.8, 4) is 0 Å².